The summed E-state index contributed by atoms with van der Waals surface area (Å²) in [6.07, 6.45) is 13.2. The summed E-state index contributed by atoms with van der Waals surface area (Å²) in [6.45, 7) is 9.39. The Hall–Kier alpha value is -1.48. The standard InChI is InChI=1S/C27H48O8/c1-7-31-25(29)19-18-23(32-20-30-6)26-24(34-27(4,5)35-26)17-15-13-11-9-8-10-12-14-16-21(2)33-22(3)28/h18-19,21,23-24,26H,7-17,20H2,1-6H3/b19-18+/t21-,23+,24+,26+/m0/s1. The van der Waals surface area contributed by atoms with Gasteiger partial charge in [-0.05, 0) is 53.0 Å². The topological polar surface area (TPSA) is 89.5 Å². The number of carbonyl (C=O) groups excluding carboxylic acids is 2. The monoisotopic (exact) mass is 500 g/mol. The van der Waals surface area contributed by atoms with E-state index in [1.54, 1.807) is 20.1 Å². The minimum absolute atomic E-state index is 0.0169. The van der Waals surface area contributed by atoms with Gasteiger partial charge in [0.2, 0.25) is 0 Å². The minimum atomic E-state index is -0.714. The smallest absolute Gasteiger partial charge is 0.330 e. The molecule has 0 radical (unpaired) electrons. The van der Waals surface area contributed by atoms with Crippen LogP contribution in [0.3, 0.4) is 0 Å². The SMILES string of the molecule is CCOC(=O)/C=C/[C@@H](OCOC)[C@H]1OC(C)(C)O[C@@H]1CCCCCCCCCC[C@H](C)OC(C)=O. The molecule has 0 aromatic heterocycles. The van der Waals surface area contributed by atoms with E-state index in [-0.39, 0.29) is 31.1 Å². The van der Waals surface area contributed by atoms with Gasteiger partial charge >= 0.3 is 11.9 Å². The summed E-state index contributed by atoms with van der Waals surface area (Å²) in [6, 6.07) is 0. The molecule has 0 N–H and O–H groups in total. The van der Waals surface area contributed by atoms with Crippen LogP contribution in [0.2, 0.25) is 0 Å². The Morgan fingerprint density at radius 2 is 1.63 bits per heavy atom. The Bertz CT molecular complexity index is 618. The van der Waals surface area contributed by atoms with Crippen LogP contribution in [-0.2, 0) is 38.0 Å². The van der Waals surface area contributed by atoms with Gasteiger partial charge in [-0.3, -0.25) is 4.79 Å². The second-order valence-electron chi connectivity index (χ2n) is 9.61. The Labute approximate surface area is 212 Å². The number of esters is 2. The van der Waals surface area contributed by atoms with Crippen LogP contribution in [0.15, 0.2) is 12.2 Å². The van der Waals surface area contributed by atoms with Gasteiger partial charge in [0, 0.05) is 20.1 Å². The molecule has 35 heavy (non-hydrogen) atoms. The fourth-order valence-electron chi connectivity index (χ4n) is 4.32. The Morgan fingerprint density at radius 1 is 1.00 bits per heavy atom. The summed E-state index contributed by atoms with van der Waals surface area (Å²) in [5, 5.41) is 0. The van der Waals surface area contributed by atoms with Gasteiger partial charge in [-0.2, -0.15) is 0 Å². The summed E-state index contributed by atoms with van der Waals surface area (Å²) in [4.78, 5) is 22.7. The van der Waals surface area contributed by atoms with Gasteiger partial charge in [-0.1, -0.05) is 44.9 Å². The number of methoxy groups -OCH3 is 1. The van der Waals surface area contributed by atoms with E-state index < -0.39 is 17.9 Å². The summed E-state index contributed by atoms with van der Waals surface area (Å²) in [5.74, 6) is -1.32. The van der Waals surface area contributed by atoms with Crippen molar-refractivity contribution in [1.29, 1.82) is 0 Å². The highest BCUT2D eigenvalue weighted by molar-refractivity contribution is 5.81. The van der Waals surface area contributed by atoms with Crippen molar-refractivity contribution in [3.63, 3.8) is 0 Å². The first-order valence-corrected chi connectivity index (χ1v) is 13.2. The number of unbranched alkanes of at least 4 members (excludes halogenated alkanes) is 7. The van der Waals surface area contributed by atoms with Crippen LogP contribution in [0.25, 0.3) is 0 Å². The Morgan fingerprint density at radius 3 is 2.23 bits per heavy atom. The quantitative estimate of drug-likeness (QED) is 0.0998. The summed E-state index contributed by atoms with van der Waals surface area (Å²) in [7, 11) is 1.56. The van der Waals surface area contributed by atoms with E-state index in [0.717, 1.165) is 32.1 Å². The molecule has 0 aromatic carbocycles. The summed E-state index contributed by atoms with van der Waals surface area (Å²) in [5.41, 5.74) is 0. The molecule has 0 unspecified atom stereocenters. The van der Waals surface area contributed by atoms with Crippen molar-refractivity contribution in [2.75, 3.05) is 20.5 Å². The molecule has 0 aromatic rings. The van der Waals surface area contributed by atoms with Crippen LogP contribution in [-0.4, -0.2) is 62.7 Å². The first kappa shape index (κ1) is 31.5. The van der Waals surface area contributed by atoms with E-state index in [2.05, 4.69) is 0 Å². The maximum Gasteiger partial charge on any atom is 0.330 e. The second kappa shape index (κ2) is 17.9. The van der Waals surface area contributed by atoms with Gasteiger partial charge < -0.3 is 28.4 Å². The average Bonchev–Trinajstić information content (AvgIpc) is 3.09. The molecule has 1 saturated heterocycles. The van der Waals surface area contributed by atoms with Gasteiger partial charge in [0.25, 0.3) is 0 Å². The molecule has 0 bridgehead atoms. The molecule has 8 nitrogen and oxygen atoms in total. The number of hydrogen-bond acceptors (Lipinski definition) is 8. The van der Waals surface area contributed by atoms with Crippen molar-refractivity contribution in [3.05, 3.63) is 12.2 Å². The van der Waals surface area contributed by atoms with Crippen LogP contribution < -0.4 is 0 Å². The molecule has 204 valence electrons. The van der Waals surface area contributed by atoms with E-state index in [9.17, 15) is 9.59 Å². The molecule has 1 fully saturated rings. The van der Waals surface area contributed by atoms with Gasteiger partial charge in [0.05, 0.1) is 18.8 Å². The van der Waals surface area contributed by atoms with Crippen LogP contribution in [0.1, 0.15) is 98.8 Å². The fourth-order valence-corrected chi connectivity index (χ4v) is 4.32. The normalized spacial score (nSPS) is 21.2. The zero-order chi connectivity index (χ0) is 26.1. The van der Waals surface area contributed by atoms with Crippen molar-refractivity contribution in [1.82, 2.24) is 0 Å². The van der Waals surface area contributed by atoms with E-state index >= 15 is 0 Å². The Balaban J connectivity index is 2.36. The second-order valence-corrected chi connectivity index (χ2v) is 9.61. The number of carbonyl (C=O) groups is 2. The first-order chi connectivity index (χ1) is 16.7. The van der Waals surface area contributed by atoms with Gasteiger partial charge in [0.1, 0.15) is 19.0 Å². The van der Waals surface area contributed by atoms with E-state index in [4.69, 9.17) is 28.4 Å². The predicted octanol–water partition coefficient (Wildman–Crippen LogP) is 5.47. The minimum Gasteiger partial charge on any atom is -0.463 e. The number of ether oxygens (including phenoxy) is 6. The van der Waals surface area contributed by atoms with Gasteiger partial charge in [-0.25, -0.2) is 4.79 Å². The van der Waals surface area contributed by atoms with Crippen molar-refractivity contribution in [3.8, 4) is 0 Å². The maximum absolute atomic E-state index is 11.8. The molecule has 1 rings (SSSR count). The zero-order valence-corrected chi connectivity index (χ0v) is 22.7. The molecule has 0 saturated carbocycles. The van der Waals surface area contributed by atoms with E-state index in [1.165, 1.54) is 45.1 Å². The first-order valence-electron chi connectivity index (χ1n) is 13.2. The van der Waals surface area contributed by atoms with Gasteiger partial charge in [0.15, 0.2) is 5.79 Å². The van der Waals surface area contributed by atoms with Crippen LogP contribution in [0, 0.1) is 0 Å². The number of rotatable bonds is 19. The average molecular weight is 501 g/mol. The zero-order valence-electron chi connectivity index (χ0n) is 22.7. The van der Waals surface area contributed by atoms with Crippen molar-refractivity contribution < 1.29 is 38.0 Å². The Kier molecular flexibility index (Phi) is 16.1. The molecule has 4 atom stereocenters. The van der Waals surface area contributed by atoms with Crippen LogP contribution >= 0.6 is 0 Å². The van der Waals surface area contributed by atoms with Crippen molar-refractivity contribution in [2.45, 2.75) is 129 Å². The lowest BCUT2D eigenvalue weighted by Crippen LogP contribution is -2.37. The molecule has 0 spiro atoms. The third-order valence-electron chi connectivity index (χ3n) is 5.85. The maximum atomic E-state index is 11.8. The lowest BCUT2D eigenvalue weighted by Gasteiger charge is -2.24. The lowest BCUT2D eigenvalue weighted by molar-refractivity contribution is -0.163. The molecule has 1 heterocycles. The largest absolute Gasteiger partial charge is 0.463 e. The fraction of sp³-hybridized carbons (Fsp3) is 0.852. The molecular weight excluding hydrogens is 452 g/mol. The molecule has 0 amide bonds. The highest BCUT2D eigenvalue weighted by Crippen LogP contribution is 2.34. The van der Waals surface area contributed by atoms with Crippen LogP contribution in [0.4, 0.5) is 0 Å². The number of hydrogen-bond donors (Lipinski definition) is 0. The summed E-state index contributed by atoms with van der Waals surface area (Å²) >= 11 is 0. The predicted molar refractivity (Wildman–Crippen MR) is 134 cm³/mol. The van der Waals surface area contributed by atoms with Crippen LogP contribution in [0.5, 0.6) is 0 Å². The van der Waals surface area contributed by atoms with Crippen molar-refractivity contribution in [2.24, 2.45) is 0 Å². The van der Waals surface area contributed by atoms with E-state index in [0.29, 0.717) is 6.61 Å². The van der Waals surface area contributed by atoms with E-state index in [1.807, 2.05) is 20.8 Å². The molecular formula is C27H48O8. The highest BCUT2D eigenvalue weighted by atomic mass is 16.8. The molecule has 8 heteroatoms. The van der Waals surface area contributed by atoms with Gasteiger partial charge in [-0.15, -0.1) is 0 Å². The highest BCUT2D eigenvalue weighted by Gasteiger charge is 2.44. The molecule has 0 aliphatic carbocycles. The third kappa shape index (κ3) is 14.6. The summed E-state index contributed by atoms with van der Waals surface area (Å²) < 4.78 is 33.3. The molecule has 1 aliphatic rings. The third-order valence-corrected chi connectivity index (χ3v) is 5.85. The molecule has 1 aliphatic heterocycles. The van der Waals surface area contributed by atoms with Crippen molar-refractivity contribution >= 4 is 11.9 Å². The lowest BCUT2D eigenvalue weighted by atomic mass is 10.00.